The first-order valence-electron chi connectivity index (χ1n) is 5.68. The maximum absolute atomic E-state index is 5.43. The number of amidine groups is 1. The number of rotatable bonds is 5. The molecule has 0 spiro atoms. The van der Waals surface area contributed by atoms with Crippen LogP contribution in [0.25, 0.3) is 0 Å². The van der Waals surface area contributed by atoms with Gasteiger partial charge in [-0.25, -0.2) is 0 Å². The molecule has 1 unspecified atom stereocenters. The summed E-state index contributed by atoms with van der Waals surface area (Å²) in [5.41, 5.74) is 0. The number of ether oxygens (including phenoxy) is 1. The second kappa shape index (κ2) is 6.38. The van der Waals surface area contributed by atoms with Gasteiger partial charge in [-0.15, -0.1) is 0 Å². The predicted molar refractivity (Wildman–Crippen MR) is 67.6 cm³/mol. The summed E-state index contributed by atoms with van der Waals surface area (Å²) >= 11 is 1.82. The van der Waals surface area contributed by atoms with Crippen LogP contribution in [-0.4, -0.2) is 36.2 Å². The molecule has 0 aromatic carbocycles. The molecule has 1 aliphatic heterocycles. The molecular formula is C11H22N2OS. The van der Waals surface area contributed by atoms with Crippen LogP contribution in [0.2, 0.25) is 0 Å². The third kappa shape index (κ3) is 4.43. The highest BCUT2D eigenvalue weighted by molar-refractivity contribution is 8.14. The van der Waals surface area contributed by atoms with E-state index in [1.54, 1.807) is 0 Å². The monoisotopic (exact) mass is 230 g/mol. The summed E-state index contributed by atoms with van der Waals surface area (Å²) in [4.78, 5) is 4.52. The molecule has 0 saturated carbocycles. The van der Waals surface area contributed by atoms with Crippen LogP contribution in [0, 0.1) is 5.92 Å². The van der Waals surface area contributed by atoms with Crippen molar-refractivity contribution in [2.24, 2.45) is 10.9 Å². The lowest BCUT2D eigenvalue weighted by Gasteiger charge is -2.13. The van der Waals surface area contributed by atoms with Crippen LogP contribution in [0.4, 0.5) is 0 Å². The fourth-order valence-corrected chi connectivity index (χ4v) is 2.62. The quantitative estimate of drug-likeness (QED) is 0.785. The Morgan fingerprint density at radius 3 is 2.80 bits per heavy atom. The Balaban J connectivity index is 2.30. The Morgan fingerprint density at radius 1 is 1.53 bits per heavy atom. The van der Waals surface area contributed by atoms with Crippen molar-refractivity contribution in [3.63, 3.8) is 0 Å². The van der Waals surface area contributed by atoms with Crippen LogP contribution in [0.3, 0.4) is 0 Å². The zero-order valence-corrected chi connectivity index (χ0v) is 10.9. The molecule has 0 aliphatic carbocycles. The predicted octanol–water partition coefficient (Wildman–Crippen LogP) is 2.13. The maximum Gasteiger partial charge on any atom is 0.156 e. The van der Waals surface area contributed by atoms with Gasteiger partial charge in [0, 0.05) is 18.4 Å². The van der Waals surface area contributed by atoms with E-state index in [0.29, 0.717) is 12.0 Å². The Bertz CT molecular complexity index is 219. The lowest BCUT2D eigenvalue weighted by Crippen LogP contribution is -2.32. The van der Waals surface area contributed by atoms with Crippen LogP contribution < -0.4 is 5.32 Å². The number of nitrogens with zero attached hydrogens (tertiary/aromatic N) is 1. The van der Waals surface area contributed by atoms with Gasteiger partial charge in [0.1, 0.15) is 0 Å². The van der Waals surface area contributed by atoms with E-state index in [0.717, 1.165) is 24.1 Å². The van der Waals surface area contributed by atoms with Gasteiger partial charge >= 0.3 is 0 Å². The number of thioether (sulfide) groups is 1. The molecule has 1 heterocycles. The Hall–Kier alpha value is -0.220. The molecule has 0 aromatic heterocycles. The normalized spacial score (nSPS) is 25.9. The zero-order chi connectivity index (χ0) is 11.3. The minimum absolute atomic E-state index is 0.225. The molecule has 0 amide bonds. The largest absolute Gasteiger partial charge is 0.377 e. The summed E-state index contributed by atoms with van der Waals surface area (Å²) in [6.45, 7) is 10.1. The Morgan fingerprint density at radius 2 is 2.27 bits per heavy atom. The molecule has 0 aromatic rings. The fraction of sp³-hybridized carbons (Fsp3) is 0.909. The first kappa shape index (κ1) is 12.8. The smallest absolute Gasteiger partial charge is 0.156 e. The van der Waals surface area contributed by atoms with Crippen molar-refractivity contribution in [3.8, 4) is 0 Å². The Kier molecular flexibility index (Phi) is 5.47. The number of hydrogen-bond donors (Lipinski definition) is 1. The average Bonchev–Trinajstić information content (AvgIpc) is 2.63. The van der Waals surface area contributed by atoms with Gasteiger partial charge in [0.15, 0.2) is 5.17 Å². The van der Waals surface area contributed by atoms with Crippen LogP contribution >= 0.6 is 11.8 Å². The second-order valence-electron chi connectivity index (χ2n) is 4.22. The van der Waals surface area contributed by atoms with Crippen molar-refractivity contribution in [1.29, 1.82) is 0 Å². The molecule has 1 fully saturated rings. The summed E-state index contributed by atoms with van der Waals surface area (Å²) in [5, 5.41) is 4.53. The van der Waals surface area contributed by atoms with Gasteiger partial charge in [-0.1, -0.05) is 25.6 Å². The van der Waals surface area contributed by atoms with E-state index < -0.39 is 0 Å². The van der Waals surface area contributed by atoms with Crippen LogP contribution in [0.5, 0.6) is 0 Å². The van der Waals surface area contributed by atoms with Crippen molar-refractivity contribution in [3.05, 3.63) is 0 Å². The third-order valence-electron chi connectivity index (χ3n) is 2.46. The van der Waals surface area contributed by atoms with Gasteiger partial charge in [-0.3, -0.25) is 4.99 Å². The van der Waals surface area contributed by atoms with E-state index >= 15 is 0 Å². The maximum atomic E-state index is 5.43. The number of nitrogens with one attached hydrogen (secondary N) is 1. The molecule has 0 bridgehead atoms. The van der Waals surface area contributed by atoms with Gasteiger partial charge in [-0.2, -0.15) is 0 Å². The van der Waals surface area contributed by atoms with Gasteiger partial charge in [0.2, 0.25) is 0 Å². The van der Waals surface area contributed by atoms with E-state index in [1.165, 1.54) is 0 Å². The van der Waals surface area contributed by atoms with E-state index in [1.807, 2.05) is 18.7 Å². The second-order valence-corrected chi connectivity index (χ2v) is 5.23. The molecule has 1 rings (SSSR count). The first-order valence-corrected chi connectivity index (χ1v) is 6.67. The Labute approximate surface area is 97.1 Å². The lowest BCUT2D eigenvalue weighted by atomic mass is 10.1. The van der Waals surface area contributed by atoms with Crippen LogP contribution in [0.1, 0.15) is 27.7 Å². The van der Waals surface area contributed by atoms with Gasteiger partial charge in [0.05, 0.1) is 12.6 Å². The third-order valence-corrected chi connectivity index (χ3v) is 3.50. The molecule has 15 heavy (non-hydrogen) atoms. The van der Waals surface area contributed by atoms with E-state index in [4.69, 9.17) is 4.74 Å². The van der Waals surface area contributed by atoms with Crippen molar-refractivity contribution >= 4 is 16.9 Å². The van der Waals surface area contributed by atoms with Gasteiger partial charge in [-0.05, 0) is 19.8 Å². The van der Waals surface area contributed by atoms with E-state index in [2.05, 4.69) is 31.1 Å². The highest BCUT2D eigenvalue weighted by Crippen LogP contribution is 2.18. The highest BCUT2D eigenvalue weighted by atomic mass is 32.2. The average molecular weight is 230 g/mol. The van der Waals surface area contributed by atoms with Crippen molar-refractivity contribution < 1.29 is 4.74 Å². The molecule has 0 radical (unpaired) electrons. The summed E-state index contributed by atoms with van der Waals surface area (Å²) in [5.74, 6) is 1.81. The number of aliphatic imine (C=N–C) groups is 1. The SMILES string of the molecule is CCOC(C)CN=C1N[C@@H](C(C)C)CS1. The molecule has 1 aliphatic rings. The van der Waals surface area contributed by atoms with Gasteiger partial charge in [0.25, 0.3) is 0 Å². The van der Waals surface area contributed by atoms with E-state index in [-0.39, 0.29) is 6.10 Å². The molecule has 2 atom stereocenters. The topological polar surface area (TPSA) is 33.6 Å². The summed E-state index contributed by atoms with van der Waals surface area (Å²) in [6.07, 6.45) is 0.225. The van der Waals surface area contributed by atoms with Crippen molar-refractivity contribution in [1.82, 2.24) is 5.32 Å². The standard InChI is InChI=1S/C11H22N2OS/c1-5-14-9(4)6-12-11-13-10(7-15-11)8(2)3/h8-10H,5-7H2,1-4H3,(H,12,13)/t9?,10-/m1/s1. The lowest BCUT2D eigenvalue weighted by molar-refractivity contribution is 0.0829. The number of hydrogen-bond acceptors (Lipinski definition) is 3. The van der Waals surface area contributed by atoms with E-state index in [9.17, 15) is 0 Å². The minimum atomic E-state index is 0.225. The fourth-order valence-electron chi connectivity index (χ4n) is 1.41. The minimum Gasteiger partial charge on any atom is -0.377 e. The molecule has 1 saturated heterocycles. The molecule has 3 nitrogen and oxygen atoms in total. The van der Waals surface area contributed by atoms with Crippen molar-refractivity contribution in [2.75, 3.05) is 18.9 Å². The molecule has 88 valence electrons. The van der Waals surface area contributed by atoms with Crippen LogP contribution in [0.15, 0.2) is 4.99 Å². The van der Waals surface area contributed by atoms with Crippen molar-refractivity contribution in [2.45, 2.75) is 39.8 Å². The summed E-state index contributed by atoms with van der Waals surface area (Å²) in [6, 6.07) is 0.580. The molecule has 4 heteroatoms. The first-order chi connectivity index (χ1) is 7.13. The van der Waals surface area contributed by atoms with Gasteiger partial charge < -0.3 is 10.1 Å². The highest BCUT2D eigenvalue weighted by Gasteiger charge is 2.22. The van der Waals surface area contributed by atoms with Crippen LogP contribution in [-0.2, 0) is 4.74 Å². The molecular weight excluding hydrogens is 208 g/mol. The summed E-state index contributed by atoms with van der Waals surface area (Å²) in [7, 11) is 0. The zero-order valence-electron chi connectivity index (χ0n) is 10.1. The molecule has 1 N–H and O–H groups in total. The summed E-state index contributed by atoms with van der Waals surface area (Å²) < 4.78 is 5.43.